The van der Waals surface area contributed by atoms with Gasteiger partial charge in [-0.3, -0.25) is 4.79 Å². The van der Waals surface area contributed by atoms with E-state index in [-0.39, 0.29) is 31.0 Å². The molecule has 0 aromatic heterocycles. The van der Waals surface area contributed by atoms with E-state index >= 15 is 0 Å². The number of ether oxygens (including phenoxy) is 2. The second kappa shape index (κ2) is 9.59. The Bertz CT molecular complexity index is 546. The van der Waals surface area contributed by atoms with E-state index in [0.717, 1.165) is 0 Å². The monoisotopic (exact) mass is 374 g/mol. The lowest BCUT2D eigenvalue weighted by Crippen LogP contribution is -2.47. The zero-order chi connectivity index (χ0) is 17.4. The Kier molecular flexibility index (Phi) is 7.46. The SMILES string of the molecule is O=C(NC1CCN(C(=O)COc2ccc(Cl)cc2)CC1)OCCCl. The number of hydrogen-bond acceptors (Lipinski definition) is 4. The summed E-state index contributed by atoms with van der Waals surface area (Å²) in [6, 6.07) is 6.87. The van der Waals surface area contributed by atoms with Crippen molar-refractivity contribution >= 4 is 35.2 Å². The summed E-state index contributed by atoms with van der Waals surface area (Å²) >= 11 is 11.3. The Labute approximate surface area is 151 Å². The maximum atomic E-state index is 12.2. The van der Waals surface area contributed by atoms with Crippen LogP contribution in [0.4, 0.5) is 4.79 Å². The number of benzene rings is 1. The number of piperidine rings is 1. The summed E-state index contributed by atoms with van der Waals surface area (Å²) in [6.45, 7) is 1.32. The standard InChI is InChI=1S/C16H20Cl2N2O4/c17-7-10-23-16(22)19-13-5-8-20(9-6-13)15(21)11-24-14-3-1-12(18)2-4-14/h1-4,13H,5-11H2,(H,19,22). The smallest absolute Gasteiger partial charge is 0.407 e. The van der Waals surface area contributed by atoms with E-state index in [0.29, 0.717) is 36.7 Å². The van der Waals surface area contributed by atoms with Gasteiger partial charge in [-0.15, -0.1) is 11.6 Å². The van der Waals surface area contributed by atoms with Crippen LogP contribution < -0.4 is 10.1 Å². The Morgan fingerprint density at radius 3 is 2.50 bits per heavy atom. The number of rotatable bonds is 6. The number of halogens is 2. The molecule has 0 atom stereocenters. The molecule has 2 amide bonds. The normalized spacial score (nSPS) is 15.0. The average Bonchev–Trinajstić information content (AvgIpc) is 2.60. The Morgan fingerprint density at radius 1 is 1.21 bits per heavy atom. The fourth-order valence-electron chi connectivity index (χ4n) is 2.38. The third kappa shape index (κ3) is 6.09. The molecular formula is C16H20Cl2N2O4. The zero-order valence-electron chi connectivity index (χ0n) is 13.2. The van der Waals surface area contributed by atoms with Crippen LogP contribution in [0.1, 0.15) is 12.8 Å². The van der Waals surface area contributed by atoms with Crippen LogP contribution in [0.2, 0.25) is 5.02 Å². The van der Waals surface area contributed by atoms with Crippen molar-refractivity contribution in [3.05, 3.63) is 29.3 Å². The summed E-state index contributed by atoms with van der Waals surface area (Å²) < 4.78 is 10.3. The van der Waals surface area contributed by atoms with Gasteiger partial charge in [-0.1, -0.05) is 11.6 Å². The van der Waals surface area contributed by atoms with Crippen LogP contribution in [0.3, 0.4) is 0 Å². The molecule has 8 heteroatoms. The number of alkyl carbamates (subject to hydrolysis) is 1. The largest absolute Gasteiger partial charge is 0.484 e. The zero-order valence-corrected chi connectivity index (χ0v) is 14.7. The van der Waals surface area contributed by atoms with Crippen molar-refractivity contribution in [1.82, 2.24) is 10.2 Å². The molecule has 0 spiro atoms. The average molecular weight is 375 g/mol. The van der Waals surface area contributed by atoms with Gasteiger partial charge >= 0.3 is 6.09 Å². The molecule has 0 aliphatic carbocycles. The van der Waals surface area contributed by atoms with E-state index in [1.165, 1.54) is 0 Å². The molecule has 0 bridgehead atoms. The molecule has 2 rings (SSSR count). The highest BCUT2D eigenvalue weighted by Crippen LogP contribution is 2.16. The summed E-state index contributed by atoms with van der Waals surface area (Å²) in [5.41, 5.74) is 0. The quantitative estimate of drug-likeness (QED) is 0.777. The van der Waals surface area contributed by atoms with E-state index in [2.05, 4.69) is 5.32 Å². The lowest BCUT2D eigenvalue weighted by atomic mass is 10.1. The number of carbonyl (C=O) groups is 2. The van der Waals surface area contributed by atoms with Crippen molar-refractivity contribution in [2.75, 3.05) is 32.2 Å². The van der Waals surface area contributed by atoms with Gasteiger partial charge in [0.25, 0.3) is 5.91 Å². The number of nitrogens with one attached hydrogen (secondary N) is 1. The minimum Gasteiger partial charge on any atom is -0.484 e. The topological polar surface area (TPSA) is 67.9 Å². The molecule has 1 heterocycles. The lowest BCUT2D eigenvalue weighted by Gasteiger charge is -2.32. The van der Waals surface area contributed by atoms with Crippen LogP contribution in [0.15, 0.2) is 24.3 Å². The summed E-state index contributed by atoms with van der Waals surface area (Å²) in [5, 5.41) is 3.39. The fraction of sp³-hybridized carbons (Fsp3) is 0.500. The molecule has 6 nitrogen and oxygen atoms in total. The molecule has 1 aromatic rings. The minimum atomic E-state index is -0.466. The number of alkyl halides is 1. The van der Waals surface area contributed by atoms with Crippen LogP contribution >= 0.6 is 23.2 Å². The molecule has 1 fully saturated rings. The Hall–Kier alpha value is -1.66. The molecule has 24 heavy (non-hydrogen) atoms. The fourth-order valence-corrected chi connectivity index (χ4v) is 2.58. The highest BCUT2D eigenvalue weighted by molar-refractivity contribution is 6.30. The highest BCUT2D eigenvalue weighted by Gasteiger charge is 2.24. The van der Waals surface area contributed by atoms with E-state index in [1.54, 1.807) is 29.2 Å². The lowest BCUT2D eigenvalue weighted by molar-refractivity contribution is -0.134. The van der Waals surface area contributed by atoms with Gasteiger partial charge in [-0.2, -0.15) is 0 Å². The van der Waals surface area contributed by atoms with Gasteiger partial charge in [0.15, 0.2) is 6.61 Å². The first-order valence-corrected chi connectivity index (χ1v) is 8.65. The second-order valence-electron chi connectivity index (χ2n) is 5.37. The molecule has 1 aliphatic rings. The predicted octanol–water partition coefficient (Wildman–Crippen LogP) is 2.67. The first kappa shape index (κ1) is 18.7. The van der Waals surface area contributed by atoms with Gasteiger partial charge in [0.05, 0.1) is 5.88 Å². The van der Waals surface area contributed by atoms with E-state index in [9.17, 15) is 9.59 Å². The second-order valence-corrected chi connectivity index (χ2v) is 6.18. The number of carbonyl (C=O) groups excluding carboxylic acids is 2. The summed E-state index contributed by atoms with van der Waals surface area (Å²) in [5.74, 6) is 0.799. The Balaban J connectivity index is 1.68. The van der Waals surface area contributed by atoms with Gasteiger partial charge in [0, 0.05) is 24.2 Å². The minimum absolute atomic E-state index is 0.00839. The van der Waals surface area contributed by atoms with E-state index in [4.69, 9.17) is 32.7 Å². The molecule has 0 unspecified atom stereocenters. The summed E-state index contributed by atoms with van der Waals surface area (Å²) in [7, 11) is 0. The third-order valence-corrected chi connectivity index (χ3v) is 4.06. The van der Waals surface area contributed by atoms with Crippen molar-refractivity contribution in [3.63, 3.8) is 0 Å². The van der Waals surface area contributed by atoms with E-state index < -0.39 is 6.09 Å². The van der Waals surface area contributed by atoms with Gasteiger partial charge in [0.2, 0.25) is 0 Å². The van der Waals surface area contributed by atoms with Crippen molar-refractivity contribution in [2.24, 2.45) is 0 Å². The highest BCUT2D eigenvalue weighted by atomic mass is 35.5. The molecule has 1 aromatic carbocycles. The summed E-state index contributed by atoms with van der Waals surface area (Å²) in [6.07, 6.45) is 0.900. The predicted molar refractivity (Wildman–Crippen MR) is 91.8 cm³/mol. The summed E-state index contributed by atoms with van der Waals surface area (Å²) in [4.78, 5) is 25.4. The van der Waals surface area contributed by atoms with Crippen LogP contribution in [-0.2, 0) is 9.53 Å². The molecule has 132 valence electrons. The number of amides is 2. The number of likely N-dealkylation sites (tertiary alicyclic amines) is 1. The van der Waals surface area contributed by atoms with Gasteiger partial charge in [0.1, 0.15) is 12.4 Å². The molecular weight excluding hydrogens is 355 g/mol. The molecule has 1 saturated heterocycles. The van der Waals surface area contributed by atoms with Crippen LogP contribution in [0.5, 0.6) is 5.75 Å². The van der Waals surface area contributed by atoms with Crippen LogP contribution in [-0.4, -0.2) is 55.1 Å². The number of nitrogens with zero attached hydrogens (tertiary/aromatic N) is 1. The van der Waals surface area contributed by atoms with E-state index in [1.807, 2.05) is 0 Å². The van der Waals surface area contributed by atoms with Gasteiger partial charge in [-0.25, -0.2) is 4.79 Å². The molecule has 1 N–H and O–H groups in total. The first-order valence-electron chi connectivity index (χ1n) is 7.74. The van der Waals surface area contributed by atoms with Crippen molar-refractivity contribution < 1.29 is 19.1 Å². The van der Waals surface area contributed by atoms with Crippen LogP contribution in [0.25, 0.3) is 0 Å². The van der Waals surface area contributed by atoms with Gasteiger partial charge in [-0.05, 0) is 37.1 Å². The maximum absolute atomic E-state index is 12.2. The number of hydrogen-bond donors (Lipinski definition) is 1. The Morgan fingerprint density at radius 2 is 1.88 bits per heavy atom. The van der Waals surface area contributed by atoms with Gasteiger partial charge < -0.3 is 19.7 Å². The van der Waals surface area contributed by atoms with Crippen molar-refractivity contribution in [1.29, 1.82) is 0 Å². The molecule has 0 saturated carbocycles. The van der Waals surface area contributed by atoms with Crippen molar-refractivity contribution in [2.45, 2.75) is 18.9 Å². The van der Waals surface area contributed by atoms with Crippen LogP contribution in [0, 0.1) is 0 Å². The van der Waals surface area contributed by atoms with Crippen molar-refractivity contribution in [3.8, 4) is 5.75 Å². The molecule has 0 radical (unpaired) electrons. The maximum Gasteiger partial charge on any atom is 0.407 e. The molecule has 1 aliphatic heterocycles. The third-order valence-electron chi connectivity index (χ3n) is 3.66. The first-order chi connectivity index (χ1) is 11.6.